The van der Waals surface area contributed by atoms with Crippen molar-refractivity contribution in [1.29, 1.82) is 0 Å². The van der Waals surface area contributed by atoms with Crippen LogP contribution >= 0.6 is 0 Å². The van der Waals surface area contributed by atoms with Gasteiger partial charge in [-0.05, 0) is 73.3 Å². The molecule has 7 atom stereocenters. The van der Waals surface area contributed by atoms with Gasteiger partial charge < -0.3 is 14.2 Å². The van der Waals surface area contributed by atoms with Crippen LogP contribution in [0.25, 0.3) is 0 Å². The molecule has 0 N–H and O–H groups in total. The normalized spacial score (nSPS) is 36.6. The molecule has 2 saturated carbocycles. The highest BCUT2D eigenvalue weighted by Gasteiger charge is 2.37. The van der Waals surface area contributed by atoms with Crippen LogP contribution in [0.15, 0.2) is 48.6 Å². The summed E-state index contributed by atoms with van der Waals surface area (Å²) in [6.07, 6.45) is 14.5. The zero-order valence-electron chi connectivity index (χ0n) is 16.1. The number of benzene rings is 1. The van der Waals surface area contributed by atoms with Crippen LogP contribution in [0.3, 0.4) is 0 Å². The van der Waals surface area contributed by atoms with E-state index in [9.17, 15) is 0 Å². The molecule has 4 aliphatic rings. The zero-order valence-corrected chi connectivity index (χ0v) is 16.1. The predicted octanol–water partition coefficient (Wildman–Crippen LogP) is 5.15. The van der Waals surface area contributed by atoms with E-state index in [2.05, 4.69) is 36.4 Å². The predicted molar refractivity (Wildman–Crippen MR) is 105 cm³/mol. The molecule has 3 heteroatoms. The first-order chi connectivity index (χ1) is 13.3. The lowest BCUT2D eigenvalue weighted by atomic mass is 9.94. The quantitative estimate of drug-likeness (QED) is 0.470. The van der Waals surface area contributed by atoms with Gasteiger partial charge in [-0.3, -0.25) is 0 Å². The van der Waals surface area contributed by atoms with Gasteiger partial charge in [0, 0.05) is 5.56 Å². The van der Waals surface area contributed by atoms with Crippen LogP contribution in [0, 0.1) is 35.5 Å². The third-order valence-corrected chi connectivity index (χ3v) is 7.14. The number of rotatable bonds is 8. The zero-order chi connectivity index (χ0) is 18.2. The van der Waals surface area contributed by atoms with Crippen molar-refractivity contribution in [3.63, 3.8) is 0 Å². The third kappa shape index (κ3) is 3.60. The van der Waals surface area contributed by atoms with E-state index in [4.69, 9.17) is 14.2 Å². The summed E-state index contributed by atoms with van der Waals surface area (Å²) >= 11 is 0. The molecule has 1 unspecified atom stereocenters. The van der Waals surface area contributed by atoms with Crippen molar-refractivity contribution in [3.05, 3.63) is 54.1 Å². The molecule has 0 aliphatic heterocycles. The number of fused-ring (bicyclic) bond motifs is 4. The van der Waals surface area contributed by atoms with Crippen LogP contribution in [0.2, 0.25) is 0 Å². The summed E-state index contributed by atoms with van der Waals surface area (Å²) in [7, 11) is 1.70. The lowest BCUT2D eigenvalue weighted by Gasteiger charge is -2.26. The van der Waals surface area contributed by atoms with Crippen LogP contribution in [0.5, 0.6) is 5.75 Å². The van der Waals surface area contributed by atoms with Gasteiger partial charge in [0.1, 0.15) is 5.75 Å². The second-order valence-corrected chi connectivity index (χ2v) is 8.85. The molecule has 1 aromatic rings. The van der Waals surface area contributed by atoms with E-state index in [-0.39, 0.29) is 6.29 Å². The Morgan fingerprint density at radius 3 is 1.74 bits per heavy atom. The van der Waals surface area contributed by atoms with Crippen LogP contribution in [0.4, 0.5) is 0 Å². The van der Waals surface area contributed by atoms with E-state index in [1.807, 2.05) is 12.1 Å². The van der Waals surface area contributed by atoms with Crippen molar-refractivity contribution in [2.75, 3.05) is 20.3 Å². The van der Waals surface area contributed by atoms with Gasteiger partial charge in [-0.1, -0.05) is 36.4 Å². The maximum Gasteiger partial charge on any atom is 0.183 e. The molecule has 0 spiro atoms. The first kappa shape index (κ1) is 17.5. The van der Waals surface area contributed by atoms with Crippen LogP contribution < -0.4 is 4.74 Å². The maximum absolute atomic E-state index is 6.36. The standard InChI is InChI=1S/C24H30O3/c1-25-23-8-6-18(7-9-23)24(26-14-21-12-16-2-4-19(21)10-16)27-15-22-13-17-3-5-20(22)11-17/h2-9,16-17,19-22,24H,10-15H2,1H3/t16-,17+,19-,20-,21-,22-,24?/m0/s1. The Labute approximate surface area is 162 Å². The highest BCUT2D eigenvalue weighted by Crippen LogP contribution is 2.45. The van der Waals surface area contributed by atoms with Crippen molar-refractivity contribution in [2.24, 2.45) is 35.5 Å². The first-order valence-corrected chi connectivity index (χ1v) is 10.5. The second-order valence-electron chi connectivity index (χ2n) is 8.85. The molecule has 2 fully saturated rings. The van der Waals surface area contributed by atoms with E-state index < -0.39 is 0 Å². The average Bonchev–Trinajstić information content (AvgIpc) is 3.49. The molecule has 3 nitrogen and oxygen atoms in total. The lowest BCUT2D eigenvalue weighted by molar-refractivity contribution is -0.164. The Morgan fingerprint density at radius 2 is 1.33 bits per heavy atom. The van der Waals surface area contributed by atoms with E-state index in [1.54, 1.807) is 7.11 Å². The highest BCUT2D eigenvalue weighted by molar-refractivity contribution is 5.28. The van der Waals surface area contributed by atoms with Gasteiger partial charge >= 0.3 is 0 Å². The van der Waals surface area contributed by atoms with Crippen LogP contribution in [0.1, 0.15) is 37.5 Å². The number of ether oxygens (including phenoxy) is 3. The Kier molecular flexibility index (Phi) is 4.83. The topological polar surface area (TPSA) is 27.7 Å². The number of hydrogen-bond donors (Lipinski definition) is 0. The molecule has 5 rings (SSSR count). The minimum Gasteiger partial charge on any atom is -0.497 e. The summed E-state index contributed by atoms with van der Waals surface area (Å²) in [5.74, 6) is 5.15. The molecule has 0 heterocycles. The molecule has 27 heavy (non-hydrogen) atoms. The fourth-order valence-corrected chi connectivity index (χ4v) is 5.60. The minimum atomic E-state index is -0.276. The van der Waals surface area contributed by atoms with Gasteiger partial charge in [0.25, 0.3) is 0 Å². The van der Waals surface area contributed by atoms with Gasteiger partial charge in [-0.2, -0.15) is 0 Å². The van der Waals surface area contributed by atoms with Crippen molar-refractivity contribution in [3.8, 4) is 5.75 Å². The minimum absolute atomic E-state index is 0.276. The molecule has 0 aromatic heterocycles. The van der Waals surface area contributed by atoms with Gasteiger partial charge in [0.15, 0.2) is 6.29 Å². The molecule has 144 valence electrons. The number of hydrogen-bond acceptors (Lipinski definition) is 3. The average molecular weight is 367 g/mol. The second kappa shape index (κ2) is 7.44. The smallest absolute Gasteiger partial charge is 0.183 e. The lowest BCUT2D eigenvalue weighted by Crippen LogP contribution is -2.21. The largest absolute Gasteiger partial charge is 0.497 e. The Morgan fingerprint density at radius 1 is 0.778 bits per heavy atom. The Hall–Kier alpha value is -1.58. The van der Waals surface area contributed by atoms with Crippen molar-refractivity contribution in [1.82, 2.24) is 0 Å². The summed E-state index contributed by atoms with van der Waals surface area (Å²) in [4.78, 5) is 0. The van der Waals surface area contributed by atoms with E-state index in [1.165, 1.54) is 25.7 Å². The Bertz CT molecular complexity index is 669. The van der Waals surface area contributed by atoms with E-state index >= 15 is 0 Å². The van der Waals surface area contributed by atoms with Crippen molar-refractivity contribution in [2.45, 2.75) is 32.0 Å². The monoisotopic (exact) mass is 366 g/mol. The van der Waals surface area contributed by atoms with E-state index in [0.717, 1.165) is 36.4 Å². The fourth-order valence-electron chi connectivity index (χ4n) is 5.60. The van der Waals surface area contributed by atoms with Crippen molar-refractivity contribution < 1.29 is 14.2 Å². The maximum atomic E-state index is 6.36. The number of methoxy groups -OCH3 is 1. The molecular weight excluding hydrogens is 336 g/mol. The van der Waals surface area contributed by atoms with Gasteiger partial charge in [-0.25, -0.2) is 0 Å². The number of allylic oxidation sites excluding steroid dienone is 4. The molecule has 4 aliphatic carbocycles. The van der Waals surface area contributed by atoms with Crippen LogP contribution in [-0.4, -0.2) is 20.3 Å². The van der Waals surface area contributed by atoms with E-state index in [0.29, 0.717) is 23.7 Å². The van der Waals surface area contributed by atoms with Crippen LogP contribution in [-0.2, 0) is 9.47 Å². The molecule has 0 radical (unpaired) electrons. The Balaban J connectivity index is 1.23. The fraction of sp³-hybridized carbons (Fsp3) is 0.583. The van der Waals surface area contributed by atoms with Gasteiger partial charge in [0.2, 0.25) is 0 Å². The SMILES string of the molecule is COc1ccc(C(OC[C@@H]2C[C@H]3C=C[C@H]2C3)OC[C@@H]2C[C@@H]3C=C[C@H]2C3)cc1. The summed E-state index contributed by atoms with van der Waals surface area (Å²) in [6, 6.07) is 8.14. The summed E-state index contributed by atoms with van der Waals surface area (Å²) < 4.78 is 18.0. The first-order valence-electron chi connectivity index (χ1n) is 10.5. The summed E-state index contributed by atoms with van der Waals surface area (Å²) in [6.45, 7) is 1.58. The van der Waals surface area contributed by atoms with Gasteiger partial charge in [0.05, 0.1) is 20.3 Å². The summed E-state index contributed by atoms with van der Waals surface area (Å²) in [5.41, 5.74) is 1.09. The molecule has 0 amide bonds. The molecular formula is C24H30O3. The summed E-state index contributed by atoms with van der Waals surface area (Å²) in [5, 5.41) is 0. The molecule has 0 saturated heterocycles. The van der Waals surface area contributed by atoms with Crippen molar-refractivity contribution >= 4 is 0 Å². The molecule has 4 bridgehead atoms. The van der Waals surface area contributed by atoms with Gasteiger partial charge in [-0.15, -0.1) is 0 Å². The highest BCUT2D eigenvalue weighted by atomic mass is 16.7. The third-order valence-electron chi connectivity index (χ3n) is 7.14. The molecule has 1 aromatic carbocycles.